The molecule has 0 radical (unpaired) electrons. The van der Waals surface area contributed by atoms with Gasteiger partial charge in [-0.1, -0.05) is 6.92 Å². The highest BCUT2D eigenvalue weighted by Crippen LogP contribution is 2.17. The van der Waals surface area contributed by atoms with E-state index >= 15 is 0 Å². The van der Waals surface area contributed by atoms with E-state index in [-0.39, 0.29) is 12.0 Å². The molecule has 1 aliphatic rings. The molecular weight excluding hydrogens is 204 g/mol. The Bertz CT molecular complexity index is 279. The van der Waals surface area contributed by atoms with E-state index in [0.717, 1.165) is 25.9 Å². The summed E-state index contributed by atoms with van der Waals surface area (Å²) in [6, 6.07) is 2.12. The smallest absolute Gasteiger partial charge is 0.221 e. The Labute approximate surface area is 97.0 Å². The summed E-state index contributed by atoms with van der Waals surface area (Å²) in [6.45, 7) is 4.46. The van der Waals surface area contributed by atoms with Crippen molar-refractivity contribution in [3.05, 3.63) is 0 Å². The number of nitriles is 1. The number of hydrogen-bond acceptors (Lipinski definition) is 3. The summed E-state index contributed by atoms with van der Waals surface area (Å²) in [7, 11) is 0. The maximum absolute atomic E-state index is 11.6. The van der Waals surface area contributed by atoms with Crippen LogP contribution in [0.25, 0.3) is 0 Å². The van der Waals surface area contributed by atoms with Gasteiger partial charge < -0.3 is 10.1 Å². The van der Waals surface area contributed by atoms with Crippen LogP contribution in [0.15, 0.2) is 0 Å². The van der Waals surface area contributed by atoms with E-state index in [1.54, 1.807) is 6.92 Å². The van der Waals surface area contributed by atoms with Crippen molar-refractivity contribution < 1.29 is 9.53 Å². The van der Waals surface area contributed by atoms with Crippen molar-refractivity contribution in [2.24, 2.45) is 0 Å². The average Bonchev–Trinajstić information content (AvgIpc) is 2.79. The third-order valence-electron chi connectivity index (χ3n) is 3.09. The number of carbonyl (C=O) groups is 1. The number of hydrogen-bond donors (Lipinski definition) is 1. The summed E-state index contributed by atoms with van der Waals surface area (Å²) in [5.41, 5.74) is -0.729. The van der Waals surface area contributed by atoms with Gasteiger partial charge in [0.05, 0.1) is 12.2 Å². The molecule has 16 heavy (non-hydrogen) atoms. The van der Waals surface area contributed by atoms with E-state index in [9.17, 15) is 4.79 Å². The molecule has 1 amide bonds. The molecule has 1 aliphatic heterocycles. The molecule has 0 aromatic carbocycles. The molecule has 1 rings (SSSR count). The van der Waals surface area contributed by atoms with Crippen molar-refractivity contribution in [1.29, 1.82) is 5.26 Å². The first-order valence-electron chi connectivity index (χ1n) is 5.93. The van der Waals surface area contributed by atoms with E-state index in [1.165, 1.54) is 0 Å². The van der Waals surface area contributed by atoms with Crippen LogP contribution in [0.2, 0.25) is 0 Å². The van der Waals surface area contributed by atoms with E-state index in [1.807, 2.05) is 6.92 Å². The molecule has 1 N–H and O–H groups in total. The topological polar surface area (TPSA) is 62.1 Å². The lowest BCUT2D eigenvalue weighted by molar-refractivity contribution is -0.122. The number of amides is 1. The van der Waals surface area contributed by atoms with Gasteiger partial charge in [-0.05, 0) is 32.6 Å². The fraction of sp³-hybridized carbons (Fsp3) is 0.833. The zero-order valence-corrected chi connectivity index (χ0v) is 10.1. The lowest BCUT2D eigenvalue weighted by atomic mass is 10.0. The molecule has 2 atom stereocenters. The summed E-state index contributed by atoms with van der Waals surface area (Å²) >= 11 is 0. The molecular formula is C12H20N2O2. The normalized spacial score (nSPS) is 23.4. The minimum absolute atomic E-state index is 0.0543. The number of ether oxygens (including phenoxy) is 1. The highest BCUT2D eigenvalue weighted by atomic mass is 16.5. The average molecular weight is 224 g/mol. The van der Waals surface area contributed by atoms with Gasteiger partial charge in [-0.3, -0.25) is 4.79 Å². The summed E-state index contributed by atoms with van der Waals surface area (Å²) in [5.74, 6) is -0.0543. The second kappa shape index (κ2) is 5.86. The minimum atomic E-state index is -0.729. The van der Waals surface area contributed by atoms with Crippen LogP contribution >= 0.6 is 0 Å². The second-order valence-electron chi connectivity index (χ2n) is 4.52. The van der Waals surface area contributed by atoms with Crippen molar-refractivity contribution in [2.75, 3.05) is 6.61 Å². The van der Waals surface area contributed by atoms with E-state index < -0.39 is 5.54 Å². The zero-order chi connectivity index (χ0) is 12.0. The maximum Gasteiger partial charge on any atom is 0.221 e. The van der Waals surface area contributed by atoms with Gasteiger partial charge in [-0.15, -0.1) is 0 Å². The molecule has 1 fully saturated rings. The van der Waals surface area contributed by atoms with Crippen molar-refractivity contribution in [3.63, 3.8) is 0 Å². The number of carbonyl (C=O) groups excluding carboxylic acids is 1. The minimum Gasteiger partial charge on any atom is -0.378 e. The standard InChI is InChI=1S/C12H20N2O2/c1-3-12(2,9-13)14-11(15)7-6-10-5-4-8-16-10/h10H,3-8H2,1-2H3,(H,14,15). The van der Waals surface area contributed by atoms with Crippen LogP contribution in [-0.4, -0.2) is 24.2 Å². The predicted molar refractivity (Wildman–Crippen MR) is 60.7 cm³/mol. The van der Waals surface area contributed by atoms with Gasteiger partial charge in [0.1, 0.15) is 5.54 Å². The first kappa shape index (κ1) is 13.0. The van der Waals surface area contributed by atoms with Gasteiger partial charge in [0, 0.05) is 13.0 Å². The first-order chi connectivity index (χ1) is 7.59. The van der Waals surface area contributed by atoms with Crippen LogP contribution < -0.4 is 5.32 Å². The van der Waals surface area contributed by atoms with Crippen molar-refractivity contribution >= 4 is 5.91 Å². The second-order valence-corrected chi connectivity index (χ2v) is 4.52. The van der Waals surface area contributed by atoms with Gasteiger partial charge in [0.25, 0.3) is 0 Å². The molecule has 4 nitrogen and oxygen atoms in total. The summed E-state index contributed by atoms with van der Waals surface area (Å²) in [4.78, 5) is 11.6. The first-order valence-corrected chi connectivity index (χ1v) is 5.93. The monoisotopic (exact) mass is 224 g/mol. The summed E-state index contributed by atoms with van der Waals surface area (Å²) in [5, 5.41) is 11.7. The molecule has 90 valence electrons. The molecule has 0 aromatic heterocycles. The zero-order valence-electron chi connectivity index (χ0n) is 10.1. The van der Waals surface area contributed by atoms with Crippen LogP contribution in [-0.2, 0) is 9.53 Å². The maximum atomic E-state index is 11.6. The van der Waals surface area contributed by atoms with Gasteiger partial charge >= 0.3 is 0 Å². The van der Waals surface area contributed by atoms with Crippen molar-refractivity contribution in [1.82, 2.24) is 5.32 Å². The Hall–Kier alpha value is -1.08. The Morgan fingerprint density at radius 3 is 2.94 bits per heavy atom. The Morgan fingerprint density at radius 2 is 2.44 bits per heavy atom. The molecule has 1 saturated heterocycles. The largest absolute Gasteiger partial charge is 0.378 e. The van der Waals surface area contributed by atoms with Crippen LogP contribution in [0.4, 0.5) is 0 Å². The van der Waals surface area contributed by atoms with Gasteiger partial charge in [-0.2, -0.15) is 5.26 Å². The highest BCUT2D eigenvalue weighted by molar-refractivity contribution is 5.77. The van der Waals surface area contributed by atoms with Crippen molar-refractivity contribution in [3.8, 4) is 6.07 Å². The van der Waals surface area contributed by atoms with E-state index in [0.29, 0.717) is 12.8 Å². The van der Waals surface area contributed by atoms with Crippen molar-refractivity contribution in [2.45, 2.75) is 57.6 Å². The molecule has 0 aliphatic carbocycles. The fourth-order valence-electron chi connectivity index (χ4n) is 1.73. The van der Waals surface area contributed by atoms with Crippen LogP contribution in [0.3, 0.4) is 0 Å². The molecule has 0 spiro atoms. The van der Waals surface area contributed by atoms with E-state index in [2.05, 4.69) is 11.4 Å². The summed E-state index contributed by atoms with van der Waals surface area (Å²) in [6.07, 6.45) is 4.21. The van der Waals surface area contributed by atoms with Gasteiger partial charge in [0.2, 0.25) is 5.91 Å². The van der Waals surface area contributed by atoms with Gasteiger partial charge in [0.15, 0.2) is 0 Å². The fourth-order valence-corrected chi connectivity index (χ4v) is 1.73. The molecule has 0 bridgehead atoms. The number of nitrogens with one attached hydrogen (secondary N) is 1. The van der Waals surface area contributed by atoms with E-state index in [4.69, 9.17) is 10.00 Å². The lowest BCUT2D eigenvalue weighted by Crippen LogP contribution is -2.44. The summed E-state index contributed by atoms with van der Waals surface area (Å²) < 4.78 is 5.44. The molecule has 0 aromatic rings. The predicted octanol–water partition coefficient (Wildman–Crippen LogP) is 1.75. The molecule has 4 heteroatoms. The molecule has 0 saturated carbocycles. The quantitative estimate of drug-likeness (QED) is 0.774. The van der Waals surface area contributed by atoms with Crippen LogP contribution in [0.5, 0.6) is 0 Å². The Morgan fingerprint density at radius 1 is 1.69 bits per heavy atom. The lowest BCUT2D eigenvalue weighted by Gasteiger charge is -2.21. The Kier molecular flexibility index (Phi) is 4.75. The third kappa shape index (κ3) is 3.82. The molecule has 2 unspecified atom stereocenters. The van der Waals surface area contributed by atoms with Crippen LogP contribution in [0.1, 0.15) is 46.0 Å². The Balaban J connectivity index is 2.27. The van der Waals surface area contributed by atoms with Crippen LogP contribution in [0, 0.1) is 11.3 Å². The highest BCUT2D eigenvalue weighted by Gasteiger charge is 2.24. The number of nitrogens with zero attached hydrogens (tertiary/aromatic N) is 1. The molecule has 1 heterocycles. The third-order valence-corrected chi connectivity index (χ3v) is 3.09. The van der Waals surface area contributed by atoms with Gasteiger partial charge in [-0.25, -0.2) is 0 Å². The SMILES string of the molecule is CCC(C)(C#N)NC(=O)CCC1CCCO1. The number of rotatable bonds is 5.